The van der Waals surface area contributed by atoms with Gasteiger partial charge in [-0.2, -0.15) is 0 Å². The Labute approximate surface area is 189 Å². The Morgan fingerprint density at radius 2 is 1.52 bits per heavy atom. The molecule has 0 bridgehead atoms. The van der Waals surface area contributed by atoms with Crippen LogP contribution in [0.15, 0.2) is 70.1 Å². The molecule has 0 aliphatic carbocycles. The molecule has 2 heterocycles. The number of likely N-dealkylation sites (tertiary alicyclic amines) is 1. The molecule has 2 aromatic carbocycles. The summed E-state index contributed by atoms with van der Waals surface area (Å²) < 4.78 is 0. The van der Waals surface area contributed by atoms with Crippen molar-refractivity contribution in [3.63, 3.8) is 0 Å². The highest BCUT2D eigenvalue weighted by Crippen LogP contribution is 2.39. The summed E-state index contributed by atoms with van der Waals surface area (Å²) in [6.07, 6.45) is 7.77. The maximum atomic E-state index is 13.6. The van der Waals surface area contributed by atoms with Crippen molar-refractivity contribution in [2.75, 3.05) is 18.0 Å². The molecule has 0 unspecified atom stereocenters. The smallest absolute Gasteiger partial charge is 0.283 e. The average Bonchev–Trinajstić information content (AvgIpc) is 2.97. The van der Waals surface area contributed by atoms with E-state index in [0.717, 1.165) is 50.1 Å². The number of imide groups is 1. The fourth-order valence-electron chi connectivity index (χ4n) is 4.20. The van der Waals surface area contributed by atoms with Crippen LogP contribution in [0.4, 0.5) is 5.69 Å². The first-order valence-electron chi connectivity index (χ1n) is 11.4. The first-order valence-corrected chi connectivity index (χ1v) is 12.2. The first kappa shape index (κ1) is 21.7. The number of carbonyl (C=O) groups excluding carboxylic acids is 2. The van der Waals surface area contributed by atoms with Crippen LogP contribution in [0.5, 0.6) is 0 Å². The van der Waals surface area contributed by atoms with Gasteiger partial charge in [0.25, 0.3) is 11.8 Å². The number of amides is 2. The topological polar surface area (TPSA) is 40.6 Å². The van der Waals surface area contributed by atoms with Crippen LogP contribution in [0, 0.1) is 0 Å². The monoisotopic (exact) mass is 434 g/mol. The van der Waals surface area contributed by atoms with E-state index < -0.39 is 0 Å². The van der Waals surface area contributed by atoms with Crippen LogP contribution in [-0.2, 0) is 16.0 Å². The van der Waals surface area contributed by atoms with Gasteiger partial charge in [-0.05, 0) is 55.5 Å². The van der Waals surface area contributed by atoms with E-state index in [0.29, 0.717) is 16.3 Å². The lowest BCUT2D eigenvalue weighted by Crippen LogP contribution is -2.35. The molecule has 2 aromatic rings. The third-order valence-corrected chi connectivity index (χ3v) is 7.00. The maximum absolute atomic E-state index is 13.6. The summed E-state index contributed by atoms with van der Waals surface area (Å²) in [6.45, 7) is 3.84. The molecular weight excluding hydrogens is 404 g/mol. The highest BCUT2D eigenvalue weighted by atomic mass is 32.2. The Morgan fingerprint density at radius 3 is 2.16 bits per heavy atom. The van der Waals surface area contributed by atoms with Crippen LogP contribution in [-0.4, -0.2) is 29.8 Å². The number of thioether (sulfide) groups is 1. The van der Waals surface area contributed by atoms with Gasteiger partial charge in [0.1, 0.15) is 10.6 Å². The molecule has 0 radical (unpaired) electrons. The predicted octanol–water partition coefficient (Wildman–Crippen LogP) is 5.78. The summed E-state index contributed by atoms with van der Waals surface area (Å²) in [5.74, 6) is -0.397. The fraction of sp³-hybridized carbons (Fsp3) is 0.385. The van der Waals surface area contributed by atoms with Crippen molar-refractivity contribution in [2.24, 2.45) is 0 Å². The van der Waals surface area contributed by atoms with Gasteiger partial charge in [0, 0.05) is 18.0 Å². The van der Waals surface area contributed by atoms with E-state index in [1.54, 1.807) is 0 Å². The molecule has 5 heteroatoms. The van der Waals surface area contributed by atoms with Crippen LogP contribution in [0.25, 0.3) is 0 Å². The van der Waals surface area contributed by atoms with Gasteiger partial charge in [-0.3, -0.25) is 9.59 Å². The molecule has 162 valence electrons. The van der Waals surface area contributed by atoms with Crippen molar-refractivity contribution in [1.82, 2.24) is 4.90 Å². The van der Waals surface area contributed by atoms with Crippen LogP contribution in [0.2, 0.25) is 0 Å². The number of rotatable bonds is 7. The van der Waals surface area contributed by atoms with E-state index in [4.69, 9.17) is 0 Å². The molecule has 2 aliphatic rings. The number of unbranched alkanes of at least 4 members (excludes halogenated alkanes) is 1. The van der Waals surface area contributed by atoms with Crippen molar-refractivity contribution < 1.29 is 9.59 Å². The van der Waals surface area contributed by atoms with E-state index in [1.807, 2.05) is 54.6 Å². The summed E-state index contributed by atoms with van der Waals surface area (Å²) >= 11 is 1.41. The Balaban J connectivity index is 1.66. The Kier molecular flexibility index (Phi) is 7.13. The van der Waals surface area contributed by atoms with E-state index in [-0.39, 0.29) is 11.8 Å². The summed E-state index contributed by atoms with van der Waals surface area (Å²) in [7, 11) is 0. The van der Waals surface area contributed by atoms with Gasteiger partial charge in [0.15, 0.2) is 0 Å². The molecule has 0 atom stereocenters. The number of anilines is 1. The van der Waals surface area contributed by atoms with Gasteiger partial charge < -0.3 is 4.90 Å². The molecule has 4 nitrogen and oxygen atoms in total. The standard InChI is InChI=1S/C26H30N2O2S/c1-2-3-11-20-14-16-21(17-15-20)28-25(29)23(27-18-9-4-5-10-19-27)24(26(28)30)31-22-12-7-6-8-13-22/h6-8,12-17H,2-5,9-11,18-19H2,1H3. The van der Waals surface area contributed by atoms with E-state index in [9.17, 15) is 9.59 Å². The van der Waals surface area contributed by atoms with Crippen LogP contribution >= 0.6 is 11.8 Å². The minimum absolute atomic E-state index is 0.188. The number of aryl methyl sites for hydroxylation is 1. The quantitative estimate of drug-likeness (QED) is 0.518. The van der Waals surface area contributed by atoms with E-state index in [2.05, 4.69) is 11.8 Å². The molecule has 0 aromatic heterocycles. The summed E-state index contributed by atoms with van der Waals surface area (Å²) in [5.41, 5.74) is 2.48. The highest BCUT2D eigenvalue weighted by Gasteiger charge is 2.42. The van der Waals surface area contributed by atoms with Crippen molar-refractivity contribution in [3.05, 3.63) is 70.8 Å². The molecule has 1 saturated heterocycles. The SMILES string of the molecule is CCCCc1ccc(N2C(=O)C(Sc3ccccc3)=C(N3CCCCCC3)C2=O)cc1. The average molecular weight is 435 g/mol. The summed E-state index contributed by atoms with van der Waals surface area (Å²) in [6, 6.07) is 17.8. The third kappa shape index (κ3) is 4.87. The van der Waals surface area contributed by atoms with Gasteiger partial charge >= 0.3 is 0 Å². The van der Waals surface area contributed by atoms with E-state index in [1.165, 1.54) is 35.1 Å². The molecule has 0 saturated carbocycles. The van der Waals surface area contributed by atoms with Gasteiger partial charge in [-0.25, -0.2) is 4.90 Å². The maximum Gasteiger partial charge on any atom is 0.283 e. The van der Waals surface area contributed by atoms with Crippen LogP contribution in [0.1, 0.15) is 51.0 Å². The van der Waals surface area contributed by atoms with Gasteiger partial charge in [0.2, 0.25) is 0 Å². The molecule has 31 heavy (non-hydrogen) atoms. The number of benzene rings is 2. The van der Waals surface area contributed by atoms with Crippen molar-refractivity contribution in [1.29, 1.82) is 0 Å². The number of carbonyl (C=O) groups is 2. The molecule has 0 N–H and O–H groups in total. The Hall–Kier alpha value is -2.53. The van der Waals surface area contributed by atoms with Crippen LogP contribution < -0.4 is 4.90 Å². The van der Waals surface area contributed by atoms with Gasteiger partial charge in [-0.1, -0.05) is 68.3 Å². The zero-order valence-electron chi connectivity index (χ0n) is 18.2. The van der Waals surface area contributed by atoms with Gasteiger partial charge in [0.05, 0.1) is 5.69 Å². The van der Waals surface area contributed by atoms with Crippen molar-refractivity contribution in [2.45, 2.75) is 56.8 Å². The number of hydrogen-bond donors (Lipinski definition) is 0. The summed E-state index contributed by atoms with van der Waals surface area (Å²) in [4.78, 5) is 32.1. The predicted molar refractivity (Wildman–Crippen MR) is 127 cm³/mol. The molecule has 1 fully saturated rings. The Morgan fingerprint density at radius 1 is 0.839 bits per heavy atom. The Bertz CT molecular complexity index is 945. The lowest BCUT2D eigenvalue weighted by molar-refractivity contribution is -0.121. The normalized spacial score (nSPS) is 17.5. The second kappa shape index (κ2) is 10.2. The zero-order chi connectivity index (χ0) is 21.6. The van der Waals surface area contributed by atoms with Gasteiger partial charge in [-0.15, -0.1) is 0 Å². The number of nitrogens with zero attached hydrogens (tertiary/aromatic N) is 2. The highest BCUT2D eigenvalue weighted by molar-refractivity contribution is 8.04. The van der Waals surface area contributed by atoms with Crippen molar-refractivity contribution in [3.8, 4) is 0 Å². The minimum Gasteiger partial charge on any atom is -0.366 e. The minimum atomic E-state index is -0.209. The molecule has 4 rings (SSSR count). The molecule has 2 aliphatic heterocycles. The number of hydrogen-bond acceptors (Lipinski definition) is 4. The zero-order valence-corrected chi connectivity index (χ0v) is 19.0. The third-order valence-electron chi connectivity index (χ3n) is 5.92. The fourth-order valence-corrected chi connectivity index (χ4v) is 5.22. The first-order chi connectivity index (χ1) is 15.2. The van der Waals surface area contributed by atoms with Crippen LogP contribution in [0.3, 0.4) is 0 Å². The lowest BCUT2D eigenvalue weighted by Gasteiger charge is -2.24. The second-order valence-corrected chi connectivity index (χ2v) is 9.29. The largest absolute Gasteiger partial charge is 0.366 e. The van der Waals surface area contributed by atoms with Crippen molar-refractivity contribution >= 4 is 29.3 Å². The second-order valence-electron chi connectivity index (χ2n) is 8.21. The molecular formula is C26H30N2O2S. The molecule has 0 spiro atoms. The lowest BCUT2D eigenvalue weighted by atomic mass is 10.1. The van der Waals surface area contributed by atoms with E-state index >= 15 is 0 Å². The summed E-state index contributed by atoms with van der Waals surface area (Å²) in [5, 5.41) is 0. The molecule has 2 amide bonds.